The second-order valence-corrected chi connectivity index (χ2v) is 8.70. The third-order valence-corrected chi connectivity index (χ3v) is 6.52. The third-order valence-electron chi connectivity index (χ3n) is 6.15. The molecule has 0 aromatic heterocycles. The zero-order valence-electron chi connectivity index (χ0n) is 18.0. The minimum Gasteiger partial charge on any atom is -0.493 e. The number of amides is 1. The van der Waals surface area contributed by atoms with E-state index in [4.69, 9.17) is 16.3 Å². The quantitative estimate of drug-likeness (QED) is 0.766. The van der Waals surface area contributed by atoms with Gasteiger partial charge in [-0.05, 0) is 50.5 Å². The molecule has 2 aromatic rings. The van der Waals surface area contributed by atoms with Crippen molar-refractivity contribution in [3.63, 3.8) is 0 Å². The molecule has 30 heavy (non-hydrogen) atoms. The minimum atomic E-state index is 0.0601. The number of ether oxygens (including phenoxy) is 1. The standard InChI is InChI=1S/C24H30ClN3O2/c1-4-30-23-12-22-18(9-10-26-22)11-20(23)24(29)28-14-16(2)27(13-17(28)3)15-19-7-5-6-8-21(19)25/h5-8,11-12,16-17,26H,4,9-10,13-15H2,1-3H3/t16-,17+/m0/s1. The summed E-state index contributed by atoms with van der Waals surface area (Å²) in [5.74, 6) is 0.735. The first kappa shape index (κ1) is 21.0. The number of rotatable bonds is 5. The average Bonchev–Trinajstić information content (AvgIpc) is 3.18. The maximum Gasteiger partial charge on any atom is 0.257 e. The molecule has 0 spiro atoms. The van der Waals surface area contributed by atoms with Gasteiger partial charge in [-0.15, -0.1) is 0 Å². The van der Waals surface area contributed by atoms with Gasteiger partial charge in [-0.1, -0.05) is 29.8 Å². The number of halogens is 1. The zero-order chi connectivity index (χ0) is 21.3. The molecule has 0 aliphatic carbocycles. The highest BCUT2D eigenvalue weighted by Gasteiger charge is 2.34. The molecule has 0 saturated carbocycles. The Hall–Kier alpha value is -2.24. The second-order valence-electron chi connectivity index (χ2n) is 8.29. The van der Waals surface area contributed by atoms with Crippen LogP contribution in [-0.4, -0.2) is 54.0 Å². The van der Waals surface area contributed by atoms with Crippen molar-refractivity contribution in [2.24, 2.45) is 0 Å². The van der Waals surface area contributed by atoms with Crippen LogP contribution in [0.25, 0.3) is 0 Å². The van der Waals surface area contributed by atoms with E-state index in [-0.39, 0.29) is 18.0 Å². The number of benzene rings is 2. The first-order valence-corrected chi connectivity index (χ1v) is 11.2. The van der Waals surface area contributed by atoms with Crippen molar-refractivity contribution >= 4 is 23.2 Å². The predicted molar refractivity (Wildman–Crippen MR) is 122 cm³/mol. The molecule has 160 valence electrons. The predicted octanol–water partition coefficient (Wildman–Crippen LogP) is 4.44. The van der Waals surface area contributed by atoms with E-state index < -0.39 is 0 Å². The molecule has 5 nitrogen and oxygen atoms in total. The molecule has 2 aromatic carbocycles. The monoisotopic (exact) mass is 427 g/mol. The number of carbonyl (C=O) groups excluding carboxylic acids is 1. The van der Waals surface area contributed by atoms with Gasteiger partial charge < -0.3 is 15.0 Å². The Labute approximate surface area is 184 Å². The fraction of sp³-hybridized carbons (Fsp3) is 0.458. The van der Waals surface area contributed by atoms with Crippen LogP contribution in [0.15, 0.2) is 36.4 Å². The highest BCUT2D eigenvalue weighted by molar-refractivity contribution is 6.31. The lowest BCUT2D eigenvalue weighted by Crippen LogP contribution is -2.57. The van der Waals surface area contributed by atoms with Crippen molar-refractivity contribution in [2.75, 3.05) is 31.6 Å². The first-order chi connectivity index (χ1) is 14.5. The molecule has 2 aliphatic rings. The van der Waals surface area contributed by atoms with Crippen molar-refractivity contribution in [2.45, 2.75) is 45.8 Å². The van der Waals surface area contributed by atoms with E-state index in [2.05, 4.69) is 30.1 Å². The maximum atomic E-state index is 13.6. The van der Waals surface area contributed by atoms with E-state index in [0.717, 1.165) is 42.3 Å². The Balaban J connectivity index is 1.53. The van der Waals surface area contributed by atoms with Gasteiger partial charge in [0.1, 0.15) is 5.75 Å². The van der Waals surface area contributed by atoms with E-state index in [1.807, 2.05) is 42.2 Å². The topological polar surface area (TPSA) is 44.8 Å². The van der Waals surface area contributed by atoms with E-state index >= 15 is 0 Å². The van der Waals surface area contributed by atoms with Gasteiger partial charge in [-0.25, -0.2) is 0 Å². The summed E-state index contributed by atoms with van der Waals surface area (Å²) in [6, 6.07) is 12.3. The molecular formula is C24H30ClN3O2. The van der Waals surface area contributed by atoms with Crippen LogP contribution < -0.4 is 10.1 Å². The number of nitrogens with one attached hydrogen (secondary N) is 1. The van der Waals surface area contributed by atoms with Gasteiger partial charge in [0.05, 0.1) is 12.2 Å². The van der Waals surface area contributed by atoms with E-state index in [0.29, 0.717) is 24.5 Å². The van der Waals surface area contributed by atoms with Gasteiger partial charge in [-0.2, -0.15) is 0 Å². The van der Waals surface area contributed by atoms with Crippen LogP contribution in [0, 0.1) is 0 Å². The van der Waals surface area contributed by atoms with Gasteiger partial charge in [-0.3, -0.25) is 9.69 Å². The summed E-state index contributed by atoms with van der Waals surface area (Å²) in [5.41, 5.74) is 4.08. The van der Waals surface area contributed by atoms with Gasteiger partial charge in [0.25, 0.3) is 5.91 Å². The van der Waals surface area contributed by atoms with Crippen molar-refractivity contribution in [1.82, 2.24) is 9.80 Å². The zero-order valence-corrected chi connectivity index (χ0v) is 18.7. The summed E-state index contributed by atoms with van der Waals surface area (Å²) in [7, 11) is 0. The fourth-order valence-electron chi connectivity index (χ4n) is 4.47. The Kier molecular flexibility index (Phi) is 6.21. The number of fused-ring (bicyclic) bond motifs is 1. The Bertz CT molecular complexity index is 933. The van der Waals surface area contributed by atoms with Gasteiger partial charge >= 0.3 is 0 Å². The molecule has 2 atom stereocenters. The van der Waals surface area contributed by atoms with E-state index in [1.54, 1.807) is 0 Å². The third kappa shape index (κ3) is 4.14. The van der Waals surface area contributed by atoms with Gasteiger partial charge in [0, 0.05) is 55.0 Å². The SMILES string of the molecule is CCOc1cc2c(cc1C(=O)N1C[C@H](C)N(Cc3ccccc3Cl)C[C@H]1C)CCN2. The van der Waals surface area contributed by atoms with Crippen LogP contribution in [0.3, 0.4) is 0 Å². The van der Waals surface area contributed by atoms with Gasteiger partial charge in [0.15, 0.2) is 0 Å². The maximum absolute atomic E-state index is 13.6. The van der Waals surface area contributed by atoms with Crippen molar-refractivity contribution in [1.29, 1.82) is 0 Å². The molecular weight excluding hydrogens is 398 g/mol. The summed E-state index contributed by atoms with van der Waals surface area (Å²) in [5, 5.41) is 4.17. The lowest BCUT2D eigenvalue weighted by Gasteiger charge is -2.44. The number of nitrogens with zero attached hydrogens (tertiary/aromatic N) is 2. The second kappa shape index (κ2) is 8.86. The molecule has 1 N–H and O–H groups in total. The summed E-state index contributed by atoms with van der Waals surface area (Å²) in [6.07, 6.45) is 0.944. The number of piperazine rings is 1. The summed E-state index contributed by atoms with van der Waals surface area (Å²) in [4.78, 5) is 18.0. The van der Waals surface area contributed by atoms with Crippen LogP contribution in [0.5, 0.6) is 5.75 Å². The molecule has 1 saturated heterocycles. The summed E-state index contributed by atoms with van der Waals surface area (Å²) in [6.45, 7) is 10.00. The first-order valence-electron chi connectivity index (χ1n) is 10.8. The normalized spacial score (nSPS) is 21.3. The molecule has 6 heteroatoms. The van der Waals surface area contributed by atoms with Gasteiger partial charge in [0.2, 0.25) is 0 Å². The number of anilines is 1. The molecule has 2 heterocycles. The lowest BCUT2D eigenvalue weighted by molar-refractivity contribution is 0.0288. The van der Waals surface area contributed by atoms with Crippen LogP contribution >= 0.6 is 11.6 Å². The fourth-order valence-corrected chi connectivity index (χ4v) is 4.67. The Morgan fingerprint density at radius 1 is 1.20 bits per heavy atom. The van der Waals surface area contributed by atoms with E-state index in [1.165, 1.54) is 5.56 Å². The molecule has 0 unspecified atom stereocenters. The molecule has 2 aliphatic heterocycles. The van der Waals surface area contributed by atoms with Crippen LogP contribution in [0.4, 0.5) is 5.69 Å². The van der Waals surface area contributed by atoms with Crippen molar-refractivity contribution in [3.8, 4) is 5.75 Å². The largest absolute Gasteiger partial charge is 0.493 e. The summed E-state index contributed by atoms with van der Waals surface area (Å²) >= 11 is 6.37. The van der Waals surface area contributed by atoms with Crippen LogP contribution in [0.2, 0.25) is 5.02 Å². The van der Waals surface area contributed by atoms with Crippen LogP contribution in [0.1, 0.15) is 42.3 Å². The lowest BCUT2D eigenvalue weighted by atomic mass is 10.0. The molecule has 0 bridgehead atoms. The molecule has 1 amide bonds. The number of carbonyl (C=O) groups is 1. The Morgan fingerprint density at radius 3 is 2.77 bits per heavy atom. The highest BCUT2D eigenvalue weighted by Crippen LogP contribution is 2.33. The summed E-state index contributed by atoms with van der Waals surface area (Å²) < 4.78 is 5.84. The number of hydrogen-bond donors (Lipinski definition) is 1. The van der Waals surface area contributed by atoms with E-state index in [9.17, 15) is 4.79 Å². The van der Waals surface area contributed by atoms with Crippen molar-refractivity contribution in [3.05, 3.63) is 58.1 Å². The number of hydrogen-bond acceptors (Lipinski definition) is 4. The molecule has 1 fully saturated rings. The minimum absolute atomic E-state index is 0.0601. The highest BCUT2D eigenvalue weighted by atomic mass is 35.5. The smallest absolute Gasteiger partial charge is 0.257 e. The Morgan fingerprint density at radius 2 is 2.00 bits per heavy atom. The molecule has 0 radical (unpaired) electrons. The molecule has 4 rings (SSSR count). The van der Waals surface area contributed by atoms with Crippen LogP contribution in [-0.2, 0) is 13.0 Å². The van der Waals surface area contributed by atoms with Crippen molar-refractivity contribution < 1.29 is 9.53 Å². The average molecular weight is 428 g/mol.